The van der Waals surface area contributed by atoms with Gasteiger partial charge >= 0.3 is 0 Å². The first kappa shape index (κ1) is 9.47. The van der Waals surface area contributed by atoms with E-state index in [1.54, 1.807) is 0 Å². The lowest BCUT2D eigenvalue weighted by molar-refractivity contribution is 0.0543. The van der Waals surface area contributed by atoms with Crippen LogP contribution in [0.2, 0.25) is 0 Å². The van der Waals surface area contributed by atoms with Crippen LogP contribution in [0.15, 0.2) is 0 Å². The zero-order chi connectivity index (χ0) is 9.26. The fraction of sp³-hybridized carbons (Fsp3) is 1.00. The van der Waals surface area contributed by atoms with E-state index in [1.165, 1.54) is 25.7 Å². The van der Waals surface area contributed by atoms with Crippen LogP contribution >= 0.6 is 0 Å². The van der Waals surface area contributed by atoms with Crippen molar-refractivity contribution in [3.63, 3.8) is 0 Å². The van der Waals surface area contributed by atoms with Crippen LogP contribution in [0.3, 0.4) is 0 Å². The van der Waals surface area contributed by atoms with Crippen molar-refractivity contribution in [1.29, 1.82) is 0 Å². The van der Waals surface area contributed by atoms with E-state index in [-0.39, 0.29) is 6.10 Å². The first-order chi connectivity index (χ1) is 6.24. The smallest absolute Gasteiger partial charge is 0.0570 e. The monoisotopic (exact) mass is 183 g/mol. The molecule has 0 unspecified atom stereocenters. The molecule has 0 aliphatic heterocycles. The Balaban J connectivity index is 1.65. The van der Waals surface area contributed by atoms with Crippen LogP contribution in [0.1, 0.15) is 45.4 Å². The van der Waals surface area contributed by atoms with Crippen molar-refractivity contribution in [2.24, 2.45) is 5.92 Å². The second-order valence-electron chi connectivity index (χ2n) is 4.95. The Bertz CT molecular complexity index is 157. The highest BCUT2D eigenvalue weighted by atomic mass is 16.3. The summed E-state index contributed by atoms with van der Waals surface area (Å²) in [4.78, 5) is 0. The summed E-state index contributed by atoms with van der Waals surface area (Å²) in [5, 5.41) is 12.8. The molecule has 2 nitrogen and oxygen atoms in total. The molecule has 0 aromatic rings. The van der Waals surface area contributed by atoms with Crippen molar-refractivity contribution in [1.82, 2.24) is 5.32 Å². The van der Waals surface area contributed by atoms with Crippen LogP contribution in [-0.4, -0.2) is 23.3 Å². The number of hydrogen-bond acceptors (Lipinski definition) is 2. The summed E-state index contributed by atoms with van der Waals surface area (Å²) in [6.07, 6.45) is 7.39. The van der Waals surface area contributed by atoms with Gasteiger partial charge in [0.2, 0.25) is 0 Å². The molecule has 2 heteroatoms. The molecule has 0 amide bonds. The minimum absolute atomic E-state index is 0.0139. The molecule has 0 atom stereocenters. The minimum Gasteiger partial charge on any atom is -0.393 e. The van der Waals surface area contributed by atoms with E-state index in [1.807, 2.05) is 0 Å². The number of nitrogens with one attached hydrogen (secondary N) is 1. The Morgan fingerprint density at radius 3 is 2.15 bits per heavy atom. The molecule has 0 bridgehead atoms. The molecular weight excluding hydrogens is 162 g/mol. The normalized spacial score (nSPS) is 45.7. The van der Waals surface area contributed by atoms with Gasteiger partial charge in [0, 0.05) is 12.1 Å². The van der Waals surface area contributed by atoms with Gasteiger partial charge in [-0.15, -0.1) is 0 Å². The molecule has 2 fully saturated rings. The van der Waals surface area contributed by atoms with Crippen molar-refractivity contribution in [2.45, 2.75) is 63.6 Å². The minimum atomic E-state index is -0.0139. The average molecular weight is 183 g/mol. The van der Waals surface area contributed by atoms with Gasteiger partial charge in [-0.3, -0.25) is 0 Å². The third kappa shape index (κ3) is 2.44. The second kappa shape index (κ2) is 3.97. The maximum absolute atomic E-state index is 9.15. The molecule has 0 heterocycles. The molecule has 0 saturated heterocycles. The van der Waals surface area contributed by atoms with E-state index < -0.39 is 0 Å². The van der Waals surface area contributed by atoms with E-state index >= 15 is 0 Å². The Kier molecular flexibility index (Phi) is 2.89. The molecule has 0 aromatic heterocycles. The largest absolute Gasteiger partial charge is 0.393 e. The van der Waals surface area contributed by atoms with E-state index in [0.29, 0.717) is 6.04 Å². The molecule has 0 radical (unpaired) electrons. The fourth-order valence-corrected chi connectivity index (χ4v) is 2.48. The highest BCUT2D eigenvalue weighted by molar-refractivity contribution is 4.88. The zero-order valence-corrected chi connectivity index (χ0v) is 8.50. The van der Waals surface area contributed by atoms with Crippen molar-refractivity contribution in [3.05, 3.63) is 0 Å². The molecule has 76 valence electrons. The van der Waals surface area contributed by atoms with Gasteiger partial charge in [0.25, 0.3) is 0 Å². The van der Waals surface area contributed by atoms with Crippen molar-refractivity contribution >= 4 is 0 Å². The summed E-state index contributed by atoms with van der Waals surface area (Å²) >= 11 is 0. The van der Waals surface area contributed by atoms with Crippen molar-refractivity contribution in [2.75, 3.05) is 0 Å². The van der Waals surface area contributed by atoms with Gasteiger partial charge in [-0.05, 0) is 44.4 Å². The summed E-state index contributed by atoms with van der Waals surface area (Å²) < 4.78 is 0. The molecule has 0 spiro atoms. The maximum atomic E-state index is 9.15. The molecule has 2 aliphatic rings. The van der Waals surface area contributed by atoms with E-state index in [0.717, 1.165) is 24.8 Å². The molecular formula is C11H21NO. The topological polar surface area (TPSA) is 32.3 Å². The van der Waals surface area contributed by atoms with Gasteiger partial charge in [-0.1, -0.05) is 6.92 Å². The first-order valence-electron chi connectivity index (χ1n) is 5.68. The summed E-state index contributed by atoms with van der Waals surface area (Å²) in [6, 6.07) is 1.36. The zero-order valence-electron chi connectivity index (χ0n) is 8.50. The predicted molar refractivity (Wildman–Crippen MR) is 53.6 cm³/mol. The van der Waals surface area contributed by atoms with Crippen LogP contribution < -0.4 is 5.32 Å². The van der Waals surface area contributed by atoms with Crippen LogP contribution in [0.25, 0.3) is 0 Å². The number of aliphatic hydroxyl groups excluding tert-OH is 1. The summed E-state index contributed by atoms with van der Waals surface area (Å²) in [6.45, 7) is 2.35. The summed E-state index contributed by atoms with van der Waals surface area (Å²) in [7, 11) is 0. The highest BCUT2D eigenvalue weighted by Gasteiger charge is 2.29. The van der Waals surface area contributed by atoms with Crippen LogP contribution in [-0.2, 0) is 0 Å². The lowest BCUT2D eigenvalue weighted by Crippen LogP contribution is -2.49. The number of aliphatic hydroxyl groups is 1. The van der Waals surface area contributed by atoms with Crippen molar-refractivity contribution in [3.8, 4) is 0 Å². The van der Waals surface area contributed by atoms with Crippen molar-refractivity contribution < 1.29 is 5.11 Å². The van der Waals surface area contributed by atoms with Gasteiger partial charge in [-0.2, -0.15) is 0 Å². The fourth-order valence-electron chi connectivity index (χ4n) is 2.48. The second-order valence-corrected chi connectivity index (χ2v) is 4.95. The Hall–Kier alpha value is -0.0800. The standard InChI is InChI=1S/C11H21NO/c1-8-2-4-9(5-3-8)12-10-6-11(13)7-10/h8-13H,2-7H2,1H3. The summed E-state index contributed by atoms with van der Waals surface area (Å²) in [5.74, 6) is 0.935. The van der Waals surface area contributed by atoms with E-state index in [4.69, 9.17) is 5.11 Å². The SMILES string of the molecule is CC1CCC(NC2CC(O)C2)CC1. The Morgan fingerprint density at radius 2 is 1.62 bits per heavy atom. The lowest BCUT2D eigenvalue weighted by Gasteiger charge is -2.37. The maximum Gasteiger partial charge on any atom is 0.0570 e. The molecule has 2 N–H and O–H groups in total. The number of rotatable bonds is 2. The number of hydrogen-bond donors (Lipinski definition) is 2. The van der Waals surface area contributed by atoms with E-state index in [9.17, 15) is 0 Å². The molecule has 13 heavy (non-hydrogen) atoms. The van der Waals surface area contributed by atoms with Gasteiger partial charge in [0.15, 0.2) is 0 Å². The van der Waals surface area contributed by atoms with Crippen LogP contribution in [0.5, 0.6) is 0 Å². The van der Waals surface area contributed by atoms with Crippen LogP contribution in [0.4, 0.5) is 0 Å². The lowest BCUT2D eigenvalue weighted by atomic mass is 9.84. The van der Waals surface area contributed by atoms with Gasteiger partial charge in [0.05, 0.1) is 6.10 Å². The first-order valence-corrected chi connectivity index (χ1v) is 5.68. The third-order valence-electron chi connectivity index (χ3n) is 3.60. The molecule has 2 saturated carbocycles. The quantitative estimate of drug-likeness (QED) is 0.682. The van der Waals surface area contributed by atoms with Gasteiger partial charge < -0.3 is 10.4 Å². The molecule has 2 rings (SSSR count). The predicted octanol–water partition coefficient (Wildman–Crippen LogP) is 1.68. The average Bonchev–Trinajstić information content (AvgIpc) is 2.06. The Labute approximate surface area is 80.7 Å². The summed E-state index contributed by atoms with van der Waals surface area (Å²) in [5.41, 5.74) is 0. The van der Waals surface area contributed by atoms with Crippen LogP contribution in [0, 0.1) is 5.92 Å². The van der Waals surface area contributed by atoms with Gasteiger partial charge in [0.1, 0.15) is 0 Å². The highest BCUT2D eigenvalue weighted by Crippen LogP contribution is 2.26. The Morgan fingerprint density at radius 1 is 1.00 bits per heavy atom. The van der Waals surface area contributed by atoms with E-state index in [2.05, 4.69) is 12.2 Å². The van der Waals surface area contributed by atoms with Gasteiger partial charge in [-0.25, -0.2) is 0 Å². The third-order valence-corrected chi connectivity index (χ3v) is 3.60. The molecule has 2 aliphatic carbocycles. The molecule has 0 aromatic carbocycles.